The molecule has 8 heteroatoms. The van der Waals surface area contributed by atoms with Crippen LogP contribution in [0.4, 0.5) is 0 Å². The Hall–Kier alpha value is -0.740. The highest BCUT2D eigenvalue weighted by molar-refractivity contribution is 14.0. The van der Waals surface area contributed by atoms with E-state index in [-0.39, 0.29) is 24.0 Å². The number of nitrogens with one attached hydrogen (secondary N) is 2. The summed E-state index contributed by atoms with van der Waals surface area (Å²) >= 11 is 3.46. The van der Waals surface area contributed by atoms with Crippen LogP contribution in [0.1, 0.15) is 47.3 Å². The average Bonchev–Trinajstić information content (AvgIpc) is 3.14. The maximum Gasteiger partial charge on any atom is 0.191 e. The predicted molar refractivity (Wildman–Crippen MR) is 115 cm³/mol. The normalized spacial score (nSPS) is 11.5. The molecule has 2 rings (SSSR count). The molecule has 2 N–H and O–H groups in total. The summed E-state index contributed by atoms with van der Waals surface area (Å²) in [6.07, 6.45) is 2.84. The molecule has 0 saturated heterocycles. The van der Waals surface area contributed by atoms with Crippen LogP contribution in [0, 0.1) is 6.92 Å². The molecule has 0 amide bonds. The van der Waals surface area contributed by atoms with E-state index in [1.54, 1.807) is 22.7 Å². The highest BCUT2D eigenvalue weighted by Gasteiger charge is 2.06. The van der Waals surface area contributed by atoms with Gasteiger partial charge in [0.1, 0.15) is 0 Å². The Morgan fingerprint density at radius 1 is 1.33 bits per heavy atom. The number of halogens is 1. The van der Waals surface area contributed by atoms with Crippen LogP contribution in [0.15, 0.2) is 16.6 Å². The summed E-state index contributed by atoms with van der Waals surface area (Å²) in [5, 5.41) is 11.1. The number of aryl methyl sites for hydroxylation is 1. The van der Waals surface area contributed by atoms with Crippen molar-refractivity contribution in [1.82, 2.24) is 20.6 Å². The Kier molecular flexibility index (Phi) is 9.75. The number of nitrogens with zero attached hydrogens (tertiary/aromatic N) is 3. The zero-order chi connectivity index (χ0) is 16.7. The standard InChI is InChI=1S/C16H25N5S2.HI/c1-5-17-16(18-7-6-14-19-8-12(4)23-14)20-9-13-10-22-15(21-13)11(2)3;/h8,10-11H,5-7,9H2,1-4H3,(H2,17,18,20);1H. The maximum atomic E-state index is 4.62. The third-order valence-electron chi connectivity index (χ3n) is 3.11. The average molecular weight is 479 g/mol. The quantitative estimate of drug-likeness (QED) is 0.359. The number of guanidine groups is 1. The summed E-state index contributed by atoms with van der Waals surface area (Å²) in [6.45, 7) is 10.8. The van der Waals surface area contributed by atoms with E-state index >= 15 is 0 Å². The van der Waals surface area contributed by atoms with Crippen LogP contribution in [-0.2, 0) is 13.0 Å². The molecule has 2 aromatic heterocycles. The van der Waals surface area contributed by atoms with E-state index < -0.39 is 0 Å². The van der Waals surface area contributed by atoms with Gasteiger partial charge < -0.3 is 10.6 Å². The van der Waals surface area contributed by atoms with Crippen molar-refractivity contribution in [2.45, 2.75) is 46.6 Å². The second-order valence-corrected chi connectivity index (χ2v) is 7.78. The molecule has 0 aliphatic rings. The minimum Gasteiger partial charge on any atom is -0.357 e. The molecule has 134 valence electrons. The fourth-order valence-corrected chi connectivity index (χ4v) is 3.58. The molecule has 0 aliphatic heterocycles. The molecule has 0 spiro atoms. The van der Waals surface area contributed by atoms with Crippen molar-refractivity contribution >= 4 is 52.6 Å². The molecule has 0 bridgehead atoms. The molecule has 5 nitrogen and oxygen atoms in total. The monoisotopic (exact) mass is 479 g/mol. The van der Waals surface area contributed by atoms with Crippen LogP contribution in [0.2, 0.25) is 0 Å². The Labute approximate surface area is 169 Å². The molecule has 0 unspecified atom stereocenters. The lowest BCUT2D eigenvalue weighted by molar-refractivity contribution is 0.791. The minimum absolute atomic E-state index is 0. The fraction of sp³-hybridized carbons (Fsp3) is 0.562. The van der Waals surface area contributed by atoms with Gasteiger partial charge in [0.15, 0.2) is 5.96 Å². The van der Waals surface area contributed by atoms with Gasteiger partial charge in [-0.1, -0.05) is 13.8 Å². The second kappa shape index (κ2) is 11.0. The lowest BCUT2D eigenvalue weighted by Crippen LogP contribution is -2.38. The van der Waals surface area contributed by atoms with Crippen LogP contribution in [0.3, 0.4) is 0 Å². The van der Waals surface area contributed by atoms with Crippen LogP contribution in [0.5, 0.6) is 0 Å². The van der Waals surface area contributed by atoms with E-state index in [4.69, 9.17) is 0 Å². The van der Waals surface area contributed by atoms with Crippen LogP contribution in [-0.4, -0.2) is 29.0 Å². The van der Waals surface area contributed by atoms with Crippen molar-refractivity contribution in [2.24, 2.45) is 4.99 Å². The summed E-state index contributed by atoms with van der Waals surface area (Å²) in [7, 11) is 0. The van der Waals surface area contributed by atoms with Gasteiger partial charge in [-0.2, -0.15) is 0 Å². The molecular weight excluding hydrogens is 453 g/mol. The lowest BCUT2D eigenvalue weighted by Gasteiger charge is -2.10. The van der Waals surface area contributed by atoms with Gasteiger partial charge >= 0.3 is 0 Å². The molecule has 24 heavy (non-hydrogen) atoms. The summed E-state index contributed by atoms with van der Waals surface area (Å²) in [5.41, 5.74) is 1.03. The van der Waals surface area contributed by atoms with Gasteiger partial charge in [0.25, 0.3) is 0 Å². The van der Waals surface area contributed by atoms with Gasteiger partial charge in [-0.15, -0.1) is 46.7 Å². The molecular formula is C16H26IN5S2. The number of hydrogen-bond donors (Lipinski definition) is 2. The minimum atomic E-state index is 0. The Morgan fingerprint density at radius 2 is 2.12 bits per heavy atom. The zero-order valence-corrected chi connectivity index (χ0v) is 18.6. The Bertz CT molecular complexity index is 636. The predicted octanol–water partition coefficient (Wildman–Crippen LogP) is 3.95. The number of rotatable bonds is 7. The summed E-state index contributed by atoms with van der Waals surface area (Å²) in [4.78, 5) is 14.9. The third-order valence-corrected chi connectivity index (χ3v) is 5.27. The number of aromatic nitrogens is 2. The number of thiazole rings is 2. The van der Waals surface area contributed by atoms with Crippen LogP contribution >= 0.6 is 46.7 Å². The first kappa shape index (κ1) is 21.3. The first-order valence-corrected chi connectivity index (χ1v) is 9.66. The molecule has 2 heterocycles. The molecule has 0 radical (unpaired) electrons. The number of hydrogen-bond acceptors (Lipinski definition) is 5. The van der Waals surface area contributed by atoms with Crippen molar-refractivity contribution in [3.8, 4) is 0 Å². The van der Waals surface area contributed by atoms with Crippen molar-refractivity contribution in [1.29, 1.82) is 0 Å². The molecule has 0 aromatic carbocycles. The van der Waals surface area contributed by atoms with Crippen LogP contribution < -0.4 is 10.6 Å². The largest absolute Gasteiger partial charge is 0.357 e. The fourth-order valence-electron chi connectivity index (χ4n) is 1.97. The van der Waals surface area contributed by atoms with Gasteiger partial charge in [0.2, 0.25) is 0 Å². The van der Waals surface area contributed by atoms with E-state index in [1.807, 2.05) is 6.20 Å². The Morgan fingerprint density at radius 3 is 2.71 bits per heavy atom. The van der Waals surface area contributed by atoms with Gasteiger partial charge in [0, 0.05) is 41.9 Å². The van der Waals surface area contributed by atoms with Crippen molar-refractivity contribution in [3.63, 3.8) is 0 Å². The van der Waals surface area contributed by atoms with Crippen molar-refractivity contribution in [3.05, 3.63) is 32.2 Å². The third kappa shape index (κ3) is 7.02. The number of aliphatic imine (C=N–C) groups is 1. The first-order valence-electron chi connectivity index (χ1n) is 7.96. The van der Waals surface area contributed by atoms with Crippen molar-refractivity contribution in [2.75, 3.05) is 13.1 Å². The van der Waals surface area contributed by atoms with Gasteiger partial charge in [-0.25, -0.2) is 15.0 Å². The van der Waals surface area contributed by atoms with E-state index in [0.29, 0.717) is 12.5 Å². The Balaban J connectivity index is 0.00000288. The summed E-state index contributed by atoms with van der Waals surface area (Å²) < 4.78 is 0. The smallest absolute Gasteiger partial charge is 0.191 e. The topological polar surface area (TPSA) is 62.2 Å². The van der Waals surface area contributed by atoms with Crippen molar-refractivity contribution < 1.29 is 0 Å². The summed E-state index contributed by atoms with van der Waals surface area (Å²) in [5.74, 6) is 1.31. The highest BCUT2D eigenvalue weighted by Crippen LogP contribution is 2.19. The summed E-state index contributed by atoms with van der Waals surface area (Å²) in [6, 6.07) is 0. The molecule has 0 fully saturated rings. The van der Waals surface area contributed by atoms with Gasteiger partial charge in [0.05, 0.1) is 22.3 Å². The molecule has 0 aliphatic carbocycles. The van der Waals surface area contributed by atoms with E-state index in [1.165, 1.54) is 9.88 Å². The maximum absolute atomic E-state index is 4.62. The molecule has 2 aromatic rings. The highest BCUT2D eigenvalue weighted by atomic mass is 127. The zero-order valence-electron chi connectivity index (χ0n) is 14.6. The SMILES string of the molecule is CCNC(=NCc1csc(C(C)C)n1)NCCc1ncc(C)s1.I. The molecule has 0 atom stereocenters. The van der Waals surface area contributed by atoms with Gasteiger partial charge in [-0.05, 0) is 13.8 Å². The van der Waals surface area contributed by atoms with Crippen LogP contribution in [0.25, 0.3) is 0 Å². The lowest BCUT2D eigenvalue weighted by atomic mass is 10.2. The first-order chi connectivity index (χ1) is 11.1. The second-order valence-electron chi connectivity index (χ2n) is 5.57. The van der Waals surface area contributed by atoms with Gasteiger partial charge in [-0.3, -0.25) is 0 Å². The molecule has 0 saturated carbocycles. The van der Waals surface area contributed by atoms with E-state index in [9.17, 15) is 0 Å². The van der Waals surface area contributed by atoms with E-state index in [0.717, 1.165) is 36.2 Å². The van der Waals surface area contributed by atoms with E-state index in [2.05, 4.69) is 58.7 Å².